The Morgan fingerprint density at radius 2 is 0.828 bits per heavy atom. The predicted octanol–water partition coefficient (Wildman–Crippen LogP) is 11.7. The van der Waals surface area contributed by atoms with Crippen LogP contribution in [0.2, 0.25) is 0 Å². The van der Waals surface area contributed by atoms with Crippen LogP contribution in [0.1, 0.15) is 144 Å². The second-order valence-corrected chi connectivity index (χ2v) is 20.0. The summed E-state index contributed by atoms with van der Waals surface area (Å²) >= 11 is 0. The first-order chi connectivity index (χ1) is 27.1. The van der Waals surface area contributed by atoms with E-state index in [1.165, 1.54) is 25.7 Å². The predicted molar refractivity (Wildman–Crippen MR) is 236 cm³/mol. The van der Waals surface area contributed by atoms with Gasteiger partial charge in [-0.2, -0.15) is 0 Å². The van der Waals surface area contributed by atoms with E-state index in [0.717, 1.165) is 81.7 Å². The van der Waals surface area contributed by atoms with Crippen LogP contribution in [0.25, 0.3) is 21.5 Å². The molecule has 6 rings (SSSR count). The molecule has 0 aliphatic heterocycles. The van der Waals surface area contributed by atoms with Crippen molar-refractivity contribution in [2.45, 2.75) is 156 Å². The molecule has 0 amide bonds. The van der Waals surface area contributed by atoms with Gasteiger partial charge in [-0.1, -0.05) is 77.9 Å². The molecule has 6 N–H and O–H groups in total. The van der Waals surface area contributed by atoms with Crippen LogP contribution in [0, 0.1) is 22.7 Å². The Hall–Kier alpha value is -4.14. The third-order valence-electron chi connectivity index (χ3n) is 13.1. The van der Waals surface area contributed by atoms with Gasteiger partial charge in [-0.05, 0) is 170 Å². The fourth-order valence-electron chi connectivity index (χ4n) is 8.80. The normalized spacial score (nSPS) is 22.2. The van der Waals surface area contributed by atoms with Crippen molar-refractivity contribution in [1.82, 2.24) is 0 Å². The SMILES string of the molecule is CC(N)(CCC(=O)O)c1ccc2cc(O[C@H]3CC[C@H](C(C)(C)C)CC3)ccc2c1.CC(N)(CCC(=O)O)c1ccc2cc(O[C@H]3CC[C@H](C(C)(C)C)CC3)ccc2c1. The van der Waals surface area contributed by atoms with Crippen molar-refractivity contribution in [3.63, 3.8) is 0 Å². The quantitative estimate of drug-likeness (QED) is 0.111. The molecule has 0 aromatic heterocycles. The maximum absolute atomic E-state index is 10.9. The zero-order valence-electron chi connectivity index (χ0n) is 36.4. The summed E-state index contributed by atoms with van der Waals surface area (Å²) in [6.45, 7) is 17.8. The number of rotatable bonds is 12. The average Bonchev–Trinajstić information content (AvgIpc) is 3.16. The molecule has 0 bridgehead atoms. The molecule has 0 radical (unpaired) electrons. The molecule has 2 saturated carbocycles. The van der Waals surface area contributed by atoms with Crippen molar-refractivity contribution in [1.29, 1.82) is 0 Å². The molecule has 2 atom stereocenters. The molecule has 2 aliphatic carbocycles. The van der Waals surface area contributed by atoms with Gasteiger partial charge in [-0.3, -0.25) is 9.59 Å². The summed E-state index contributed by atoms with van der Waals surface area (Å²) in [4.78, 5) is 21.8. The molecule has 0 heterocycles. The lowest BCUT2D eigenvalue weighted by molar-refractivity contribution is -0.138. The third kappa shape index (κ3) is 12.4. The van der Waals surface area contributed by atoms with E-state index in [0.29, 0.717) is 35.9 Å². The molecule has 8 nitrogen and oxygen atoms in total. The van der Waals surface area contributed by atoms with E-state index in [4.69, 9.17) is 31.2 Å². The van der Waals surface area contributed by atoms with E-state index in [9.17, 15) is 9.59 Å². The Morgan fingerprint density at radius 3 is 1.14 bits per heavy atom. The molecule has 316 valence electrons. The number of fused-ring (bicyclic) bond motifs is 2. The molecular weight excluding hydrogens is 725 g/mol. The summed E-state index contributed by atoms with van der Waals surface area (Å²) in [5, 5.41) is 22.3. The number of aliphatic carboxylic acids is 2. The summed E-state index contributed by atoms with van der Waals surface area (Å²) in [5.41, 5.74) is 14.1. The minimum atomic E-state index is -0.819. The highest BCUT2D eigenvalue weighted by Gasteiger charge is 2.32. The van der Waals surface area contributed by atoms with Gasteiger partial charge in [0.1, 0.15) is 11.5 Å². The molecule has 2 fully saturated rings. The fraction of sp³-hybridized carbons (Fsp3) is 0.560. The topological polar surface area (TPSA) is 145 Å². The van der Waals surface area contributed by atoms with Gasteiger partial charge in [0.25, 0.3) is 0 Å². The Labute approximate surface area is 347 Å². The first-order valence-electron chi connectivity index (χ1n) is 21.5. The van der Waals surface area contributed by atoms with Crippen LogP contribution >= 0.6 is 0 Å². The zero-order chi connectivity index (χ0) is 42.5. The maximum Gasteiger partial charge on any atom is 0.303 e. The summed E-state index contributed by atoms with van der Waals surface area (Å²) in [5.74, 6) is 1.77. The molecule has 2 aliphatic rings. The standard InChI is InChI=1S/2C25H35NO3/c2*1-24(2,3)19-8-11-21(12-9-19)29-22-10-6-17-15-20(7-5-18(17)16-22)25(4,26)14-13-23(27)28/h2*5-7,10,15-16,19,21H,8-9,11-14,26H2,1-4H3,(H,27,28)/t2*19-,21-,25?. The number of carboxylic acid groups (broad SMARTS) is 2. The van der Waals surface area contributed by atoms with Gasteiger partial charge in [0.15, 0.2) is 0 Å². The van der Waals surface area contributed by atoms with E-state index in [2.05, 4.69) is 90.1 Å². The van der Waals surface area contributed by atoms with Gasteiger partial charge in [-0.15, -0.1) is 0 Å². The minimum Gasteiger partial charge on any atom is -0.490 e. The van der Waals surface area contributed by atoms with Crippen molar-refractivity contribution in [2.24, 2.45) is 34.1 Å². The summed E-state index contributed by atoms with van der Waals surface area (Å²) < 4.78 is 12.6. The van der Waals surface area contributed by atoms with Crippen molar-refractivity contribution in [3.8, 4) is 11.5 Å². The van der Waals surface area contributed by atoms with Gasteiger partial charge < -0.3 is 31.2 Å². The van der Waals surface area contributed by atoms with Crippen LogP contribution in [-0.4, -0.2) is 34.4 Å². The molecule has 8 heteroatoms. The summed E-state index contributed by atoms with van der Waals surface area (Å²) in [6, 6.07) is 24.7. The summed E-state index contributed by atoms with van der Waals surface area (Å²) in [7, 11) is 0. The van der Waals surface area contributed by atoms with Crippen molar-refractivity contribution < 1.29 is 29.3 Å². The number of ether oxygens (including phenoxy) is 2. The fourth-order valence-corrected chi connectivity index (χ4v) is 8.80. The minimum absolute atomic E-state index is 0.0648. The van der Waals surface area contributed by atoms with Gasteiger partial charge in [-0.25, -0.2) is 0 Å². The molecule has 2 unspecified atom stereocenters. The molecule has 0 spiro atoms. The highest BCUT2D eigenvalue weighted by atomic mass is 16.5. The van der Waals surface area contributed by atoms with Crippen LogP contribution in [0.3, 0.4) is 0 Å². The second kappa shape index (κ2) is 18.4. The first-order valence-corrected chi connectivity index (χ1v) is 21.5. The molecule has 0 saturated heterocycles. The molecule has 58 heavy (non-hydrogen) atoms. The molecule has 4 aromatic carbocycles. The Kier molecular flexibility index (Phi) is 14.3. The average molecular weight is 795 g/mol. The smallest absolute Gasteiger partial charge is 0.303 e. The van der Waals surface area contributed by atoms with Gasteiger partial charge in [0, 0.05) is 23.9 Å². The molecule has 4 aromatic rings. The number of hydrogen-bond donors (Lipinski definition) is 4. The number of carboxylic acids is 2. The number of hydrogen-bond acceptors (Lipinski definition) is 6. The second-order valence-electron chi connectivity index (χ2n) is 20.0. The van der Waals surface area contributed by atoms with E-state index >= 15 is 0 Å². The zero-order valence-corrected chi connectivity index (χ0v) is 36.4. The lowest BCUT2D eigenvalue weighted by atomic mass is 9.72. The van der Waals surface area contributed by atoms with Crippen LogP contribution < -0.4 is 20.9 Å². The van der Waals surface area contributed by atoms with Crippen LogP contribution in [0.5, 0.6) is 11.5 Å². The number of nitrogens with two attached hydrogens (primary N) is 2. The number of carbonyl (C=O) groups is 2. The van der Waals surface area contributed by atoms with E-state index in [1.54, 1.807) is 0 Å². The van der Waals surface area contributed by atoms with Crippen molar-refractivity contribution in [3.05, 3.63) is 83.9 Å². The highest BCUT2D eigenvalue weighted by molar-refractivity contribution is 5.85. The van der Waals surface area contributed by atoms with E-state index in [1.807, 2.05) is 38.1 Å². The van der Waals surface area contributed by atoms with Gasteiger partial charge >= 0.3 is 11.9 Å². The van der Waals surface area contributed by atoms with Gasteiger partial charge in [0.2, 0.25) is 0 Å². The largest absolute Gasteiger partial charge is 0.490 e. The van der Waals surface area contributed by atoms with Crippen LogP contribution in [-0.2, 0) is 20.7 Å². The Balaban J connectivity index is 0.000000221. The third-order valence-corrected chi connectivity index (χ3v) is 13.1. The Bertz CT molecular complexity index is 1860. The lowest BCUT2D eigenvalue weighted by Gasteiger charge is -2.37. The molecular formula is C50H70N2O6. The van der Waals surface area contributed by atoms with Crippen molar-refractivity contribution in [2.75, 3.05) is 0 Å². The van der Waals surface area contributed by atoms with E-state index in [-0.39, 0.29) is 12.8 Å². The summed E-state index contributed by atoms with van der Waals surface area (Å²) in [6.07, 6.45) is 11.0. The Morgan fingerprint density at radius 1 is 0.517 bits per heavy atom. The van der Waals surface area contributed by atoms with Crippen molar-refractivity contribution >= 4 is 33.5 Å². The highest BCUT2D eigenvalue weighted by Crippen LogP contribution is 2.41. The number of benzene rings is 4. The van der Waals surface area contributed by atoms with Gasteiger partial charge in [0.05, 0.1) is 12.2 Å². The van der Waals surface area contributed by atoms with Crippen LogP contribution in [0.4, 0.5) is 0 Å². The monoisotopic (exact) mass is 795 g/mol. The first kappa shape index (κ1) is 45.0. The lowest BCUT2D eigenvalue weighted by Crippen LogP contribution is -2.33. The van der Waals surface area contributed by atoms with Crippen LogP contribution in [0.15, 0.2) is 72.8 Å². The maximum atomic E-state index is 10.9. The van der Waals surface area contributed by atoms with E-state index < -0.39 is 23.0 Å².